The Balaban J connectivity index is 1.69. The van der Waals surface area contributed by atoms with Gasteiger partial charge in [0.1, 0.15) is 11.6 Å². The zero-order valence-electron chi connectivity index (χ0n) is 17.8. The molecule has 0 radical (unpaired) electrons. The Hall–Kier alpha value is -2.84. The average Bonchev–Trinajstić information content (AvgIpc) is 2.77. The molecule has 0 bridgehead atoms. The number of hydrogen-bond acceptors (Lipinski definition) is 4. The number of benzene rings is 2. The van der Waals surface area contributed by atoms with Gasteiger partial charge in [0.2, 0.25) is 0 Å². The molecule has 166 valence electrons. The Kier molecular flexibility index (Phi) is 7.70. The van der Waals surface area contributed by atoms with Gasteiger partial charge in [-0.2, -0.15) is 0 Å². The van der Waals surface area contributed by atoms with E-state index in [4.69, 9.17) is 4.74 Å². The van der Waals surface area contributed by atoms with E-state index in [0.29, 0.717) is 50.5 Å². The van der Waals surface area contributed by atoms with E-state index in [1.165, 1.54) is 48.5 Å². The van der Waals surface area contributed by atoms with E-state index in [0.717, 1.165) is 0 Å². The van der Waals surface area contributed by atoms with Crippen molar-refractivity contribution < 1.29 is 23.1 Å². The van der Waals surface area contributed by atoms with Gasteiger partial charge in [-0.1, -0.05) is 0 Å². The van der Waals surface area contributed by atoms with Crippen molar-refractivity contribution in [1.29, 1.82) is 0 Å². The van der Waals surface area contributed by atoms with Crippen molar-refractivity contribution in [3.8, 4) is 0 Å². The summed E-state index contributed by atoms with van der Waals surface area (Å²) >= 11 is 0. The fourth-order valence-corrected chi connectivity index (χ4v) is 3.41. The first-order valence-electron chi connectivity index (χ1n) is 10.2. The summed E-state index contributed by atoms with van der Waals surface area (Å²) in [5.74, 6) is -1.21. The quantitative estimate of drug-likeness (QED) is 0.676. The molecule has 6 nitrogen and oxygen atoms in total. The molecule has 8 heteroatoms. The highest BCUT2D eigenvalue weighted by atomic mass is 19.1. The summed E-state index contributed by atoms with van der Waals surface area (Å²) < 4.78 is 32.2. The second kappa shape index (κ2) is 10.5. The third kappa shape index (κ3) is 6.32. The number of hydrogen-bond donors (Lipinski definition) is 0. The van der Waals surface area contributed by atoms with Crippen molar-refractivity contribution in [2.24, 2.45) is 0 Å². The van der Waals surface area contributed by atoms with Gasteiger partial charge in [-0.25, -0.2) is 8.78 Å². The van der Waals surface area contributed by atoms with Crippen LogP contribution >= 0.6 is 0 Å². The Morgan fingerprint density at radius 2 is 1.55 bits per heavy atom. The van der Waals surface area contributed by atoms with Crippen LogP contribution in [0, 0.1) is 11.6 Å². The van der Waals surface area contributed by atoms with Crippen LogP contribution in [-0.2, 0) is 4.74 Å². The van der Waals surface area contributed by atoms with Crippen LogP contribution in [0.5, 0.6) is 0 Å². The van der Waals surface area contributed by atoms with Crippen molar-refractivity contribution in [1.82, 2.24) is 14.7 Å². The third-order valence-corrected chi connectivity index (χ3v) is 5.14. The zero-order chi connectivity index (χ0) is 22.4. The van der Waals surface area contributed by atoms with Gasteiger partial charge in [0.25, 0.3) is 11.8 Å². The Morgan fingerprint density at radius 1 is 0.968 bits per heavy atom. The summed E-state index contributed by atoms with van der Waals surface area (Å²) in [4.78, 5) is 31.1. The Bertz CT molecular complexity index is 888. The predicted molar refractivity (Wildman–Crippen MR) is 113 cm³/mol. The highest BCUT2D eigenvalue weighted by molar-refractivity contribution is 5.95. The number of halogens is 2. The first kappa shape index (κ1) is 22.8. The van der Waals surface area contributed by atoms with Crippen molar-refractivity contribution in [2.75, 3.05) is 53.4 Å². The van der Waals surface area contributed by atoms with E-state index in [1.54, 1.807) is 9.80 Å². The van der Waals surface area contributed by atoms with Gasteiger partial charge in [0, 0.05) is 43.9 Å². The monoisotopic (exact) mass is 431 g/mol. The van der Waals surface area contributed by atoms with Crippen molar-refractivity contribution in [2.45, 2.75) is 6.10 Å². The topological polar surface area (TPSA) is 53.1 Å². The maximum Gasteiger partial charge on any atom is 0.254 e. The summed E-state index contributed by atoms with van der Waals surface area (Å²) in [6.45, 7) is 2.52. The molecule has 2 aromatic carbocycles. The van der Waals surface area contributed by atoms with E-state index < -0.39 is 11.6 Å². The normalized spacial score (nSPS) is 16.4. The van der Waals surface area contributed by atoms with Crippen LogP contribution in [0.1, 0.15) is 20.7 Å². The number of ether oxygens (including phenoxy) is 1. The van der Waals surface area contributed by atoms with Gasteiger partial charge in [0.15, 0.2) is 0 Å². The Labute approximate surface area is 181 Å². The summed E-state index contributed by atoms with van der Waals surface area (Å²) in [6, 6.07) is 10.9. The molecular weight excluding hydrogens is 404 g/mol. The molecule has 0 saturated carbocycles. The van der Waals surface area contributed by atoms with E-state index in [1.807, 2.05) is 19.0 Å². The van der Waals surface area contributed by atoms with Crippen molar-refractivity contribution in [3.05, 3.63) is 71.3 Å². The second-order valence-corrected chi connectivity index (χ2v) is 7.81. The van der Waals surface area contributed by atoms with Crippen LogP contribution in [0.4, 0.5) is 8.78 Å². The first-order valence-corrected chi connectivity index (χ1v) is 10.2. The fraction of sp³-hybridized carbons (Fsp3) is 0.391. The number of morpholine rings is 1. The second-order valence-electron chi connectivity index (χ2n) is 7.81. The fourth-order valence-electron chi connectivity index (χ4n) is 3.41. The van der Waals surface area contributed by atoms with Crippen LogP contribution in [0.2, 0.25) is 0 Å². The van der Waals surface area contributed by atoms with Gasteiger partial charge in [-0.05, 0) is 62.6 Å². The zero-order valence-corrected chi connectivity index (χ0v) is 17.8. The summed E-state index contributed by atoms with van der Waals surface area (Å²) in [7, 11) is 3.83. The molecule has 0 aromatic heterocycles. The van der Waals surface area contributed by atoms with Crippen LogP contribution in [0.15, 0.2) is 48.5 Å². The largest absolute Gasteiger partial charge is 0.373 e. The minimum absolute atomic E-state index is 0.196. The SMILES string of the molecule is CN(C)CCN(C[C@@H]1CN(C(=O)c2ccc(F)cc2)CCO1)C(=O)c1ccc(F)cc1. The molecule has 1 aliphatic heterocycles. The maximum atomic E-state index is 13.2. The summed E-state index contributed by atoms with van der Waals surface area (Å²) in [5, 5.41) is 0. The van der Waals surface area contributed by atoms with Crippen molar-refractivity contribution in [3.63, 3.8) is 0 Å². The lowest BCUT2D eigenvalue weighted by Crippen LogP contribution is -2.51. The number of rotatable bonds is 7. The van der Waals surface area contributed by atoms with Crippen LogP contribution in [0.25, 0.3) is 0 Å². The molecule has 1 saturated heterocycles. The highest BCUT2D eigenvalue weighted by Gasteiger charge is 2.28. The number of amides is 2. The average molecular weight is 431 g/mol. The molecule has 0 N–H and O–H groups in total. The molecular formula is C23H27F2N3O3. The minimum atomic E-state index is -0.401. The lowest BCUT2D eigenvalue weighted by atomic mass is 10.1. The van der Waals surface area contributed by atoms with E-state index in [-0.39, 0.29) is 17.9 Å². The van der Waals surface area contributed by atoms with Gasteiger partial charge in [-0.15, -0.1) is 0 Å². The molecule has 0 spiro atoms. The molecule has 2 aromatic rings. The van der Waals surface area contributed by atoms with Gasteiger partial charge in [0.05, 0.1) is 12.7 Å². The van der Waals surface area contributed by atoms with Crippen LogP contribution < -0.4 is 0 Å². The van der Waals surface area contributed by atoms with Crippen LogP contribution in [0.3, 0.4) is 0 Å². The lowest BCUT2D eigenvalue weighted by molar-refractivity contribution is -0.0334. The molecule has 2 amide bonds. The van der Waals surface area contributed by atoms with Crippen molar-refractivity contribution >= 4 is 11.8 Å². The number of carbonyl (C=O) groups excluding carboxylic acids is 2. The lowest BCUT2D eigenvalue weighted by Gasteiger charge is -2.36. The summed E-state index contributed by atoms with van der Waals surface area (Å²) in [6.07, 6.45) is -0.357. The molecule has 1 atom stereocenters. The molecule has 0 aliphatic carbocycles. The number of carbonyl (C=O) groups is 2. The standard InChI is InChI=1S/C23H27F2N3O3/c1-26(2)11-12-27(22(29)17-3-7-19(24)8-4-17)15-21-16-28(13-14-31-21)23(30)18-5-9-20(25)10-6-18/h3-10,21H,11-16H2,1-2H3/t21-/m1/s1. The number of nitrogens with zero attached hydrogens (tertiary/aromatic N) is 3. The minimum Gasteiger partial charge on any atom is -0.373 e. The smallest absolute Gasteiger partial charge is 0.254 e. The highest BCUT2D eigenvalue weighted by Crippen LogP contribution is 2.14. The maximum absolute atomic E-state index is 13.2. The molecule has 1 aliphatic rings. The van der Waals surface area contributed by atoms with E-state index in [9.17, 15) is 18.4 Å². The predicted octanol–water partition coefficient (Wildman–Crippen LogP) is 2.51. The molecule has 3 rings (SSSR count). The summed E-state index contributed by atoms with van der Waals surface area (Å²) in [5.41, 5.74) is 0.809. The molecule has 1 heterocycles. The Morgan fingerprint density at radius 3 is 2.13 bits per heavy atom. The van der Waals surface area contributed by atoms with Gasteiger partial charge < -0.3 is 19.4 Å². The van der Waals surface area contributed by atoms with E-state index in [2.05, 4.69) is 0 Å². The third-order valence-electron chi connectivity index (χ3n) is 5.14. The molecule has 31 heavy (non-hydrogen) atoms. The van der Waals surface area contributed by atoms with E-state index >= 15 is 0 Å². The first-order chi connectivity index (χ1) is 14.8. The number of likely N-dealkylation sites (N-methyl/N-ethyl adjacent to an activating group) is 1. The molecule has 0 unspecified atom stereocenters. The van der Waals surface area contributed by atoms with Gasteiger partial charge in [-0.3, -0.25) is 9.59 Å². The van der Waals surface area contributed by atoms with Gasteiger partial charge >= 0.3 is 0 Å². The van der Waals surface area contributed by atoms with Crippen LogP contribution in [-0.4, -0.2) is 86.0 Å². The molecule has 1 fully saturated rings.